The molecule has 0 fully saturated rings. The lowest BCUT2D eigenvalue weighted by Gasteiger charge is -2.19. The maximum atomic E-state index is 5.24. The molecule has 19 heavy (non-hydrogen) atoms. The molecule has 1 aromatic carbocycles. The standard InChI is InChI=1S/C15H21N3O/c1-4-6-13(5-2)17-14-9-12(8-7-11(14)3)15-18-16-10-19-15/h7-10,13,17H,4-6H2,1-3H3. The van der Waals surface area contributed by atoms with Crippen LogP contribution in [-0.4, -0.2) is 16.2 Å². The molecule has 1 atom stereocenters. The van der Waals surface area contributed by atoms with Crippen LogP contribution in [0.5, 0.6) is 0 Å². The first-order chi connectivity index (χ1) is 9.24. The molecule has 0 amide bonds. The van der Waals surface area contributed by atoms with Gasteiger partial charge in [0.2, 0.25) is 12.3 Å². The number of aromatic nitrogens is 2. The Morgan fingerprint density at radius 3 is 2.79 bits per heavy atom. The molecular formula is C15H21N3O. The van der Waals surface area contributed by atoms with Crippen molar-refractivity contribution in [3.63, 3.8) is 0 Å². The van der Waals surface area contributed by atoms with E-state index in [4.69, 9.17) is 4.42 Å². The van der Waals surface area contributed by atoms with Crippen molar-refractivity contribution in [1.82, 2.24) is 10.2 Å². The van der Waals surface area contributed by atoms with Crippen molar-refractivity contribution in [3.05, 3.63) is 30.2 Å². The van der Waals surface area contributed by atoms with Crippen molar-refractivity contribution >= 4 is 5.69 Å². The normalized spacial score (nSPS) is 12.4. The lowest BCUT2D eigenvalue weighted by atomic mass is 10.1. The Hall–Kier alpha value is -1.84. The molecular weight excluding hydrogens is 238 g/mol. The first kappa shape index (κ1) is 13.6. The Balaban J connectivity index is 2.22. The summed E-state index contributed by atoms with van der Waals surface area (Å²) in [5.74, 6) is 0.562. The molecule has 0 saturated carbocycles. The van der Waals surface area contributed by atoms with Crippen LogP contribution in [0.1, 0.15) is 38.7 Å². The number of nitrogens with one attached hydrogen (secondary N) is 1. The highest BCUT2D eigenvalue weighted by Crippen LogP contribution is 2.25. The van der Waals surface area contributed by atoms with Gasteiger partial charge in [-0.2, -0.15) is 0 Å². The summed E-state index contributed by atoms with van der Waals surface area (Å²) in [6.45, 7) is 6.54. The third kappa shape index (κ3) is 3.34. The van der Waals surface area contributed by atoms with Crippen molar-refractivity contribution < 1.29 is 4.42 Å². The van der Waals surface area contributed by atoms with Crippen LogP contribution in [-0.2, 0) is 0 Å². The van der Waals surface area contributed by atoms with Crippen LogP contribution in [0.3, 0.4) is 0 Å². The van der Waals surface area contributed by atoms with Gasteiger partial charge in [-0.15, -0.1) is 10.2 Å². The fraction of sp³-hybridized carbons (Fsp3) is 0.467. The number of hydrogen-bond donors (Lipinski definition) is 1. The van der Waals surface area contributed by atoms with Crippen molar-refractivity contribution in [1.29, 1.82) is 0 Å². The number of rotatable bonds is 6. The second-order valence-corrected chi connectivity index (χ2v) is 4.81. The van der Waals surface area contributed by atoms with Crippen molar-refractivity contribution in [2.45, 2.75) is 46.1 Å². The van der Waals surface area contributed by atoms with Gasteiger partial charge >= 0.3 is 0 Å². The molecule has 0 aliphatic carbocycles. The average Bonchev–Trinajstić information content (AvgIpc) is 2.94. The van der Waals surface area contributed by atoms with Gasteiger partial charge in [0.1, 0.15) is 0 Å². The summed E-state index contributed by atoms with van der Waals surface area (Å²) in [5, 5.41) is 11.3. The van der Waals surface area contributed by atoms with Crippen LogP contribution in [0.25, 0.3) is 11.5 Å². The van der Waals surface area contributed by atoms with E-state index in [1.54, 1.807) is 0 Å². The van der Waals surface area contributed by atoms with Crippen LogP contribution in [0, 0.1) is 6.92 Å². The second-order valence-electron chi connectivity index (χ2n) is 4.81. The van der Waals surface area contributed by atoms with Crippen molar-refractivity contribution in [3.8, 4) is 11.5 Å². The summed E-state index contributed by atoms with van der Waals surface area (Å²) in [6.07, 6.45) is 4.85. The molecule has 102 valence electrons. The minimum atomic E-state index is 0.515. The number of anilines is 1. The summed E-state index contributed by atoms with van der Waals surface area (Å²) in [7, 11) is 0. The predicted octanol–water partition coefficient (Wildman–Crippen LogP) is 4.04. The number of benzene rings is 1. The zero-order valence-electron chi connectivity index (χ0n) is 11.8. The highest BCUT2D eigenvalue weighted by Gasteiger charge is 2.10. The SMILES string of the molecule is CCCC(CC)Nc1cc(-c2nnco2)ccc1C. The maximum Gasteiger partial charge on any atom is 0.247 e. The minimum absolute atomic E-state index is 0.515. The molecule has 1 N–H and O–H groups in total. The molecule has 0 radical (unpaired) electrons. The summed E-state index contributed by atoms with van der Waals surface area (Å²) in [6, 6.07) is 6.69. The largest absolute Gasteiger partial charge is 0.423 e. The topological polar surface area (TPSA) is 51.0 Å². The fourth-order valence-corrected chi connectivity index (χ4v) is 2.16. The average molecular weight is 259 g/mol. The molecule has 2 rings (SSSR count). The molecule has 1 heterocycles. The fourth-order valence-electron chi connectivity index (χ4n) is 2.16. The van der Waals surface area contributed by atoms with Gasteiger partial charge in [0.05, 0.1) is 0 Å². The maximum absolute atomic E-state index is 5.24. The van der Waals surface area contributed by atoms with Crippen LogP contribution in [0.2, 0.25) is 0 Å². The molecule has 0 spiro atoms. The lowest BCUT2D eigenvalue weighted by Crippen LogP contribution is -2.18. The summed E-state index contributed by atoms with van der Waals surface area (Å²) in [4.78, 5) is 0. The van der Waals surface area contributed by atoms with Crippen LogP contribution in [0.4, 0.5) is 5.69 Å². The van der Waals surface area contributed by atoms with E-state index in [2.05, 4.69) is 48.4 Å². The van der Waals surface area contributed by atoms with Crippen LogP contribution in [0.15, 0.2) is 29.0 Å². The van der Waals surface area contributed by atoms with E-state index in [1.165, 1.54) is 24.8 Å². The van der Waals surface area contributed by atoms with Crippen LogP contribution >= 0.6 is 0 Å². The molecule has 0 aliphatic rings. The van der Waals surface area contributed by atoms with Gasteiger partial charge in [-0.05, 0) is 37.5 Å². The van der Waals surface area contributed by atoms with Crippen molar-refractivity contribution in [2.75, 3.05) is 5.32 Å². The van der Waals surface area contributed by atoms with Crippen molar-refractivity contribution in [2.24, 2.45) is 0 Å². The quantitative estimate of drug-likeness (QED) is 0.850. The third-order valence-corrected chi connectivity index (χ3v) is 3.33. The Kier molecular flexibility index (Phi) is 4.55. The van der Waals surface area contributed by atoms with Gasteiger partial charge in [-0.25, -0.2) is 0 Å². The highest BCUT2D eigenvalue weighted by molar-refractivity contribution is 5.64. The minimum Gasteiger partial charge on any atom is -0.423 e. The van der Waals surface area contributed by atoms with E-state index in [1.807, 2.05) is 6.07 Å². The zero-order valence-corrected chi connectivity index (χ0v) is 11.8. The molecule has 1 unspecified atom stereocenters. The molecule has 1 aromatic heterocycles. The van der Waals surface area contributed by atoms with Gasteiger partial charge < -0.3 is 9.73 Å². The second kappa shape index (κ2) is 6.36. The third-order valence-electron chi connectivity index (χ3n) is 3.33. The molecule has 0 saturated heterocycles. The molecule has 0 aliphatic heterocycles. The predicted molar refractivity (Wildman–Crippen MR) is 77.1 cm³/mol. The Bertz CT molecular complexity index is 508. The Morgan fingerprint density at radius 2 is 2.16 bits per heavy atom. The van der Waals surface area contributed by atoms with Gasteiger partial charge in [-0.3, -0.25) is 0 Å². The number of hydrogen-bond acceptors (Lipinski definition) is 4. The molecule has 2 aromatic rings. The van der Waals surface area contributed by atoms with E-state index in [-0.39, 0.29) is 0 Å². The first-order valence-electron chi connectivity index (χ1n) is 6.88. The smallest absolute Gasteiger partial charge is 0.247 e. The Labute approximate surface area is 114 Å². The van der Waals surface area contributed by atoms with E-state index < -0.39 is 0 Å². The lowest BCUT2D eigenvalue weighted by molar-refractivity contribution is 0.568. The van der Waals surface area contributed by atoms with E-state index in [9.17, 15) is 0 Å². The zero-order chi connectivity index (χ0) is 13.7. The highest BCUT2D eigenvalue weighted by atomic mass is 16.4. The van der Waals surface area contributed by atoms with E-state index in [0.29, 0.717) is 11.9 Å². The summed E-state index contributed by atoms with van der Waals surface area (Å²) < 4.78 is 5.24. The van der Waals surface area contributed by atoms with Gasteiger partial charge in [0.15, 0.2) is 0 Å². The first-order valence-corrected chi connectivity index (χ1v) is 6.88. The molecule has 4 heteroatoms. The number of nitrogens with zero attached hydrogens (tertiary/aromatic N) is 2. The number of aryl methyl sites for hydroxylation is 1. The van der Waals surface area contributed by atoms with Gasteiger partial charge in [-0.1, -0.05) is 26.3 Å². The monoisotopic (exact) mass is 259 g/mol. The summed E-state index contributed by atoms with van der Waals surface area (Å²) >= 11 is 0. The molecule has 4 nitrogen and oxygen atoms in total. The Morgan fingerprint density at radius 1 is 1.32 bits per heavy atom. The summed E-state index contributed by atoms with van der Waals surface area (Å²) in [5.41, 5.74) is 3.34. The van der Waals surface area contributed by atoms with Crippen LogP contribution < -0.4 is 5.32 Å². The van der Waals surface area contributed by atoms with Gasteiger partial charge in [0, 0.05) is 17.3 Å². The van der Waals surface area contributed by atoms with Gasteiger partial charge in [0.25, 0.3) is 0 Å². The van der Waals surface area contributed by atoms with E-state index >= 15 is 0 Å². The van der Waals surface area contributed by atoms with E-state index in [0.717, 1.165) is 17.7 Å². The molecule has 0 bridgehead atoms.